The number of carbonyl (C=O) groups excluding carboxylic acids is 3. The Hall–Kier alpha value is -3.56. The predicted octanol–water partition coefficient (Wildman–Crippen LogP) is -0.0245. The van der Waals surface area contributed by atoms with E-state index in [1.807, 2.05) is 0 Å². The average molecular weight is 345 g/mol. The van der Waals surface area contributed by atoms with Crippen molar-refractivity contribution in [1.29, 1.82) is 0 Å². The Morgan fingerprint density at radius 2 is 2.08 bits per heavy atom. The molecular formula is C15H12FN5O4. The molecule has 1 aromatic heterocycles. The summed E-state index contributed by atoms with van der Waals surface area (Å²) in [5.41, 5.74) is 4.85. The number of nitrogens with zero attached hydrogens (tertiary/aromatic N) is 2. The summed E-state index contributed by atoms with van der Waals surface area (Å²) in [7, 11) is 0. The van der Waals surface area contributed by atoms with E-state index in [4.69, 9.17) is 10.5 Å². The van der Waals surface area contributed by atoms with Crippen LogP contribution < -0.4 is 21.1 Å². The molecule has 0 fully saturated rings. The molecule has 25 heavy (non-hydrogen) atoms. The van der Waals surface area contributed by atoms with E-state index >= 15 is 0 Å². The molecule has 0 radical (unpaired) electrons. The monoisotopic (exact) mass is 345 g/mol. The number of hydrogen-bond donors (Lipinski definition) is 3. The van der Waals surface area contributed by atoms with E-state index in [1.54, 1.807) is 18.2 Å². The molecule has 1 aromatic carbocycles. The van der Waals surface area contributed by atoms with Crippen molar-refractivity contribution >= 4 is 23.4 Å². The van der Waals surface area contributed by atoms with Crippen molar-refractivity contribution in [2.45, 2.75) is 6.54 Å². The number of carbonyl (C=O) groups is 3. The first kappa shape index (κ1) is 16.3. The summed E-state index contributed by atoms with van der Waals surface area (Å²) in [5.74, 6) is -2.88. The molecule has 1 aliphatic rings. The van der Waals surface area contributed by atoms with E-state index in [-0.39, 0.29) is 19.1 Å². The summed E-state index contributed by atoms with van der Waals surface area (Å²) in [5, 5.41) is 5.11. The number of nitrogens with one attached hydrogen (secondary N) is 2. The minimum atomic E-state index is -1.18. The van der Waals surface area contributed by atoms with Gasteiger partial charge in [0.2, 0.25) is 0 Å². The number of fused-ring (bicyclic) bond motifs is 1. The van der Waals surface area contributed by atoms with Gasteiger partial charge in [0.15, 0.2) is 23.8 Å². The van der Waals surface area contributed by atoms with Crippen LogP contribution in [0.2, 0.25) is 0 Å². The van der Waals surface area contributed by atoms with Gasteiger partial charge in [-0.2, -0.15) is 0 Å². The van der Waals surface area contributed by atoms with Crippen LogP contribution >= 0.6 is 0 Å². The first-order chi connectivity index (χ1) is 12.0. The third-order valence-corrected chi connectivity index (χ3v) is 3.37. The second-order valence-electron chi connectivity index (χ2n) is 5.10. The highest BCUT2D eigenvalue weighted by atomic mass is 19.1. The first-order valence-corrected chi connectivity index (χ1v) is 7.10. The van der Waals surface area contributed by atoms with Gasteiger partial charge in [-0.25, -0.2) is 14.4 Å². The van der Waals surface area contributed by atoms with Gasteiger partial charge in [-0.1, -0.05) is 6.07 Å². The maximum absolute atomic E-state index is 14.0. The largest absolute Gasteiger partial charge is 0.482 e. The van der Waals surface area contributed by atoms with Crippen molar-refractivity contribution in [1.82, 2.24) is 15.3 Å². The molecule has 3 amide bonds. The van der Waals surface area contributed by atoms with E-state index in [0.29, 0.717) is 17.0 Å². The summed E-state index contributed by atoms with van der Waals surface area (Å²) >= 11 is 0. The molecule has 9 nitrogen and oxygen atoms in total. The number of hydrogen-bond acceptors (Lipinski definition) is 6. The van der Waals surface area contributed by atoms with Crippen LogP contribution in [0.1, 0.15) is 26.5 Å². The van der Waals surface area contributed by atoms with E-state index in [2.05, 4.69) is 20.6 Å². The molecule has 10 heteroatoms. The number of primary amides is 1. The Balaban J connectivity index is 1.73. The molecule has 1 aliphatic heterocycles. The van der Waals surface area contributed by atoms with Gasteiger partial charge in [-0.05, 0) is 17.7 Å². The average Bonchev–Trinajstić information content (AvgIpc) is 2.59. The fraction of sp³-hybridized carbons (Fsp3) is 0.133. The molecule has 2 aromatic rings. The molecule has 4 N–H and O–H groups in total. The lowest BCUT2D eigenvalue weighted by Gasteiger charge is -2.18. The van der Waals surface area contributed by atoms with Crippen LogP contribution in [0.25, 0.3) is 0 Å². The van der Waals surface area contributed by atoms with Gasteiger partial charge in [0.25, 0.3) is 17.7 Å². The maximum Gasteiger partial charge on any atom is 0.273 e. The van der Waals surface area contributed by atoms with Crippen molar-refractivity contribution < 1.29 is 23.5 Å². The standard InChI is InChI=1S/C15H12FN5O4/c16-11-12(14(17)23)19-6-20-13(11)15(24)18-4-7-1-2-9-8(3-7)21-10(22)5-25-9/h1-3,6H,4-5H2,(H2,17,23)(H,18,24)(H,21,22). The number of ether oxygens (including phenoxy) is 1. The molecule has 0 saturated carbocycles. The van der Waals surface area contributed by atoms with Gasteiger partial charge in [-0.15, -0.1) is 0 Å². The molecule has 0 saturated heterocycles. The summed E-state index contributed by atoms with van der Waals surface area (Å²) in [6.07, 6.45) is 0.879. The highest BCUT2D eigenvalue weighted by molar-refractivity contribution is 5.97. The quantitative estimate of drug-likeness (QED) is 0.712. The number of nitrogens with two attached hydrogens (primary N) is 1. The van der Waals surface area contributed by atoms with Crippen molar-refractivity contribution in [2.24, 2.45) is 5.73 Å². The van der Waals surface area contributed by atoms with Crippen molar-refractivity contribution in [3.63, 3.8) is 0 Å². The molecule has 0 spiro atoms. The molecule has 0 atom stereocenters. The normalized spacial score (nSPS) is 12.6. The van der Waals surface area contributed by atoms with Crippen LogP contribution in [-0.4, -0.2) is 34.3 Å². The second-order valence-corrected chi connectivity index (χ2v) is 5.10. The number of aromatic nitrogens is 2. The zero-order valence-electron chi connectivity index (χ0n) is 12.7. The van der Waals surface area contributed by atoms with Crippen LogP contribution in [0.15, 0.2) is 24.5 Å². The highest BCUT2D eigenvalue weighted by Gasteiger charge is 2.21. The van der Waals surface area contributed by atoms with Gasteiger partial charge in [-0.3, -0.25) is 14.4 Å². The smallest absolute Gasteiger partial charge is 0.273 e. The number of amides is 3. The van der Waals surface area contributed by atoms with Gasteiger partial charge < -0.3 is 21.1 Å². The lowest BCUT2D eigenvalue weighted by molar-refractivity contribution is -0.118. The minimum Gasteiger partial charge on any atom is -0.482 e. The highest BCUT2D eigenvalue weighted by Crippen LogP contribution is 2.28. The zero-order chi connectivity index (χ0) is 18.0. The van der Waals surface area contributed by atoms with Crippen molar-refractivity contribution in [3.8, 4) is 5.75 Å². The molecule has 2 heterocycles. The fourth-order valence-corrected chi connectivity index (χ4v) is 2.21. The van der Waals surface area contributed by atoms with Gasteiger partial charge in [0, 0.05) is 6.54 Å². The van der Waals surface area contributed by atoms with Crippen LogP contribution in [0.4, 0.5) is 10.1 Å². The molecule has 0 unspecified atom stereocenters. The van der Waals surface area contributed by atoms with Crippen LogP contribution in [-0.2, 0) is 11.3 Å². The number of anilines is 1. The Kier molecular flexibility index (Phi) is 4.25. The summed E-state index contributed by atoms with van der Waals surface area (Å²) in [6.45, 7) is -0.0183. The van der Waals surface area contributed by atoms with Crippen molar-refractivity contribution in [3.05, 3.63) is 47.3 Å². The van der Waals surface area contributed by atoms with Gasteiger partial charge >= 0.3 is 0 Å². The third kappa shape index (κ3) is 3.37. The third-order valence-electron chi connectivity index (χ3n) is 3.37. The van der Waals surface area contributed by atoms with Crippen LogP contribution in [0.5, 0.6) is 5.75 Å². The maximum atomic E-state index is 14.0. The van der Waals surface area contributed by atoms with E-state index in [9.17, 15) is 18.8 Å². The van der Waals surface area contributed by atoms with Gasteiger partial charge in [0.1, 0.15) is 12.1 Å². The number of benzene rings is 1. The van der Waals surface area contributed by atoms with Crippen LogP contribution in [0.3, 0.4) is 0 Å². The Labute approximate surface area is 140 Å². The fourth-order valence-electron chi connectivity index (χ4n) is 2.21. The summed E-state index contributed by atoms with van der Waals surface area (Å²) in [4.78, 5) is 41.4. The molecule has 0 bridgehead atoms. The van der Waals surface area contributed by atoms with Crippen molar-refractivity contribution in [2.75, 3.05) is 11.9 Å². The number of rotatable bonds is 4. The molecule has 0 aliphatic carbocycles. The van der Waals surface area contributed by atoms with Gasteiger partial charge in [0.05, 0.1) is 5.69 Å². The predicted molar refractivity (Wildman–Crippen MR) is 82.2 cm³/mol. The first-order valence-electron chi connectivity index (χ1n) is 7.10. The Bertz CT molecular complexity index is 886. The second kappa shape index (κ2) is 6.51. The Morgan fingerprint density at radius 1 is 1.32 bits per heavy atom. The van der Waals surface area contributed by atoms with Crippen LogP contribution in [0, 0.1) is 5.82 Å². The van der Waals surface area contributed by atoms with E-state index in [1.165, 1.54) is 0 Å². The van der Waals surface area contributed by atoms with E-state index < -0.39 is 29.0 Å². The summed E-state index contributed by atoms with van der Waals surface area (Å²) < 4.78 is 19.2. The lowest BCUT2D eigenvalue weighted by Crippen LogP contribution is -2.28. The van der Waals surface area contributed by atoms with E-state index in [0.717, 1.165) is 6.33 Å². The zero-order valence-corrected chi connectivity index (χ0v) is 12.7. The molecular weight excluding hydrogens is 333 g/mol. The number of halogens is 1. The molecule has 3 rings (SSSR count). The minimum absolute atomic E-state index is 0.0390. The Morgan fingerprint density at radius 3 is 2.84 bits per heavy atom. The molecule has 128 valence electrons. The topological polar surface area (TPSA) is 136 Å². The lowest BCUT2D eigenvalue weighted by atomic mass is 10.1. The SMILES string of the molecule is NC(=O)c1ncnc(C(=O)NCc2ccc3c(c2)NC(=O)CO3)c1F. The summed E-state index contributed by atoms with van der Waals surface area (Å²) in [6, 6.07) is 4.95.